The molecule has 1 heterocycles. The second-order valence-electron chi connectivity index (χ2n) is 9.91. The lowest BCUT2D eigenvalue weighted by molar-refractivity contribution is -0.0468. The van der Waals surface area contributed by atoms with Crippen LogP contribution in [0.3, 0.4) is 0 Å². The van der Waals surface area contributed by atoms with E-state index in [1.807, 2.05) is 0 Å². The smallest absolute Gasteiger partial charge is 0.388 e. The minimum atomic E-state index is -4.70. The van der Waals surface area contributed by atoms with Gasteiger partial charge in [-0.3, -0.25) is 9.93 Å². The molecule has 0 radical (unpaired) electrons. The molecule has 204 valence electrons. The number of phosphoric ester groups is 1. The van der Waals surface area contributed by atoms with Crippen molar-refractivity contribution < 1.29 is 38.9 Å². The summed E-state index contributed by atoms with van der Waals surface area (Å²) < 4.78 is 21.4. The third-order valence-corrected chi connectivity index (χ3v) is 7.63. The SMILES string of the molecule is CN(/C=C\C(=N)N)C(O)C1CCCCCCCC(C2OC(COP(=O)(O)O)C(O)C2O)CCCC1. The normalized spacial score (nSPS) is 33.0. The summed E-state index contributed by atoms with van der Waals surface area (Å²) in [7, 11) is -2.93. The number of nitrogens with zero attached hydrogens (tertiary/aromatic N) is 1. The Morgan fingerprint density at radius 1 is 1.09 bits per heavy atom. The molecule has 2 aliphatic rings. The predicted octanol–water partition coefficient (Wildman–Crippen LogP) is 1.82. The first-order valence-electron chi connectivity index (χ1n) is 12.6. The average molecular weight is 522 g/mol. The molecule has 0 bridgehead atoms. The van der Waals surface area contributed by atoms with Crippen LogP contribution in [0.1, 0.15) is 70.6 Å². The molecule has 12 heteroatoms. The fourth-order valence-corrected chi connectivity index (χ4v) is 5.51. The van der Waals surface area contributed by atoms with E-state index < -0.39 is 45.1 Å². The van der Waals surface area contributed by atoms with Gasteiger partial charge in [0.1, 0.15) is 30.4 Å². The molecule has 0 amide bonds. The third-order valence-electron chi connectivity index (χ3n) is 7.15. The van der Waals surface area contributed by atoms with Crippen LogP contribution in [-0.2, 0) is 13.8 Å². The molecule has 11 nitrogen and oxygen atoms in total. The van der Waals surface area contributed by atoms with E-state index in [9.17, 15) is 19.9 Å². The highest BCUT2D eigenvalue weighted by Gasteiger charge is 2.46. The third kappa shape index (κ3) is 10.5. The molecule has 1 aliphatic heterocycles. The van der Waals surface area contributed by atoms with Gasteiger partial charge in [0.15, 0.2) is 0 Å². The fourth-order valence-electron chi connectivity index (χ4n) is 5.17. The van der Waals surface area contributed by atoms with Gasteiger partial charge in [-0.2, -0.15) is 0 Å². The second kappa shape index (κ2) is 14.6. The Morgan fingerprint density at radius 2 is 1.63 bits per heavy atom. The molecule has 0 aromatic carbocycles. The number of aliphatic hydroxyl groups is 3. The molecule has 1 saturated carbocycles. The Labute approximate surface area is 208 Å². The van der Waals surface area contributed by atoms with Gasteiger partial charge >= 0.3 is 7.82 Å². The molecule has 1 aliphatic carbocycles. The Morgan fingerprint density at radius 3 is 2.23 bits per heavy atom. The van der Waals surface area contributed by atoms with Crippen LogP contribution in [0.15, 0.2) is 12.3 Å². The van der Waals surface area contributed by atoms with Crippen molar-refractivity contribution in [3.63, 3.8) is 0 Å². The van der Waals surface area contributed by atoms with Crippen LogP contribution < -0.4 is 5.73 Å². The lowest BCUT2D eigenvalue weighted by Gasteiger charge is -2.30. The summed E-state index contributed by atoms with van der Waals surface area (Å²) >= 11 is 0. The molecule has 7 atom stereocenters. The van der Waals surface area contributed by atoms with Crippen LogP contribution >= 0.6 is 7.82 Å². The van der Waals surface area contributed by atoms with Gasteiger partial charge in [-0.15, -0.1) is 0 Å². The number of nitrogens with one attached hydrogen (secondary N) is 1. The van der Waals surface area contributed by atoms with Gasteiger partial charge in [0.2, 0.25) is 0 Å². The average Bonchev–Trinajstić information content (AvgIpc) is 3.08. The number of hydrogen-bond acceptors (Lipinski definition) is 8. The van der Waals surface area contributed by atoms with Gasteiger partial charge in [0.05, 0.1) is 12.7 Å². The number of nitrogens with two attached hydrogens (primary N) is 1. The van der Waals surface area contributed by atoms with Gasteiger partial charge in [-0.1, -0.05) is 44.9 Å². The van der Waals surface area contributed by atoms with Crippen molar-refractivity contribution in [2.45, 2.75) is 101 Å². The number of aliphatic hydroxyl groups excluding tert-OH is 3. The number of ether oxygens (including phenoxy) is 1. The Kier molecular flexibility index (Phi) is 12.6. The first-order chi connectivity index (χ1) is 16.5. The van der Waals surface area contributed by atoms with Crippen molar-refractivity contribution >= 4 is 13.7 Å². The summed E-state index contributed by atoms with van der Waals surface area (Å²) in [6, 6.07) is 0. The largest absolute Gasteiger partial charge is 0.469 e. The number of hydrogen-bond donors (Lipinski definition) is 7. The van der Waals surface area contributed by atoms with E-state index in [-0.39, 0.29) is 17.7 Å². The fraction of sp³-hybridized carbons (Fsp3) is 0.870. The maximum Gasteiger partial charge on any atom is 0.469 e. The molecular formula is C23H44N3O8P. The summed E-state index contributed by atoms with van der Waals surface area (Å²) in [5.74, 6) is 0.0205. The van der Waals surface area contributed by atoms with Gasteiger partial charge in [0, 0.05) is 19.2 Å². The Bertz CT molecular complexity index is 721. The van der Waals surface area contributed by atoms with Gasteiger partial charge in [-0.05, 0) is 37.7 Å². The van der Waals surface area contributed by atoms with Gasteiger partial charge in [0.25, 0.3) is 0 Å². The van der Waals surface area contributed by atoms with Crippen molar-refractivity contribution in [1.29, 1.82) is 5.41 Å². The summed E-state index contributed by atoms with van der Waals surface area (Å²) in [6.07, 6.45) is 8.71. The molecule has 0 spiro atoms. The topological polar surface area (TPSA) is 190 Å². The summed E-state index contributed by atoms with van der Waals surface area (Å²) in [5.41, 5.74) is 5.38. The first kappa shape index (κ1) is 30.2. The van der Waals surface area contributed by atoms with E-state index in [4.69, 9.17) is 25.7 Å². The quantitative estimate of drug-likeness (QED) is 0.107. The van der Waals surface area contributed by atoms with E-state index in [2.05, 4.69) is 4.52 Å². The van der Waals surface area contributed by atoms with Crippen molar-refractivity contribution in [2.24, 2.45) is 17.6 Å². The molecule has 0 aromatic heterocycles. The maximum absolute atomic E-state index is 11.0. The number of rotatable bonds is 8. The Hall–Kier alpha value is -1.04. The molecule has 2 rings (SSSR count). The van der Waals surface area contributed by atoms with Crippen LogP contribution in [0.5, 0.6) is 0 Å². The van der Waals surface area contributed by atoms with Crippen molar-refractivity contribution in [2.75, 3.05) is 13.7 Å². The summed E-state index contributed by atoms with van der Waals surface area (Å²) in [4.78, 5) is 19.6. The molecule has 35 heavy (non-hydrogen) atoms. The van der Waals surface area contributed by atoms with Crippen molar-refractivity contribution in [3.05, 3.63) is 12.3 Å². The highest BCUT2D eigenvalue weighted by Crippen LogP contribution is 2.39. The number of amidine groups is 1. The minimum Gasteiger partial charge on any atom is -0.388 e. The predicted molar refractivity (Wildman–Crippen MR) is 131 cm³/mol. The minimum absolute atomic E-state index is 0.00464. The van der Waals surface area contributed by atoms with Gasteiger partial charge < -0.3 is 40.5 Å². The van der Waals surface area contributed by atoms with E-state index in [1.165, 1.54) is 6.08 Å². The van der Waals surface area contributed by atoms with Gasteiger partial charge in [-0.25, -0.2) is 4.57 Å². The van der Waals surface area contributed by atoms with E-state index >= 15 is 0 Å². The van der Waals surface area contributed by atoms with E-state index in [0.717, 1.165) is 70.6 Å². The second-order valence-corrected chi connectivity index (χ2v) is 11.1. The van der Waals surface area contributed by atoms with Crippen molar-refractivity contribution in [1.82, 2.24) is 4.90 Å². The Balaban J connectivity index is 1.98. The summed E-state index contributed by atoms with van der Waals surface area (Å²) in [5, 5.41) is 39.2. The first-order valence-corrected chi connectivity index (χ1v) is 14.2. The molecule has 1 saturated heterocycles. The highest BCUT2D eigenvalue weighted by molar-refractivity contribution is 7.46. The highest BCUT2D eigenvalue weighted by atomic mass is 31.2. The zero-order valence-electron chi connectivity index (χ0n) is 20.6. The van der Waals surface area contributed by atoms with E-state index in [1.54, 1.807) is 18.1 Å². The monoisotopic (exact) mass is 521 g/mol. The molecule has 8 N–H and O–H groups in total. The zero-order chi connectivity index (χ0) is 26.0. The molecular weight excluding hydrogens is 477 g/mol. The van der Waals surface area contributed by atoms with E-state index in [0.29, 0.717) is 0 Å². The zero-order valence-corrected chi connectivity index (χ0v) is 21.5. The molecule has 2 fully saturated rings. The summed E-state index contributed by atoms with van der Waals surface area (Å²) in [6.45, 7) is -0.489. The van der Waals surface area contributed by atoms with Crippen LogP contribution in [-0.4, -0.2) is 80.1 Å². The van der Waals surface area contributed by atoms with Crippen LogP contribution in [0, 0.1) is 17.2 Å². The lowest BCUT2D eigenvalue weighted by atomic mass is 9.86. The molecule has 7 unspecified atom stereocenters. The number of phosphoric acid groups is 1. The molecule has 0 aromatic rings. The van der Waals surface area contributed by atoms with Crippen LogP contribution in [0.4, 0.5) is 0 Å². The van der Waals surface area contributed by atoms with Crippen molar-refractivity contribution in [3.8, 4) is 0 Å². The maximum atomic E-state index is 11.0. The lowest BCUT2D eigenvalue weighted by Crippen LogP contribution is -2.37. The standard InChI is InChI=1S/C23H44N3O8P/c1-26(14-13-19(24)25)23(29)17-11-6-4-2-3-5-9-16(10-7-8-12-17)22-21(28)20(27)18(34-22)15-33-35(30,31)32/h13-14,16-18,20-23,27-29H,2-12,15H2,1H3,(H3,24,25)(H2,30,31,32)/b14-13-. The van der Waals surface area contributed by atoms with Crippen LogP contribution in [0.25, 0.3) is 0 Å². The van der Waals surface area contributed by atoms with Crippen LogP contribution in [0.2, 0.25) is 0 Å².